The standard InChI is InChI=1S/C15H18N4O/c1-11(2)16-8-12-3-4-13-5-6-19(14(13)7-12)9-15-17-10-20-18-15/h3-7,10-11,16H,8-9H2,1-2H3. The van der Waals surface area contributed by atoms with Crippen LogP contribution in [0, 0.1) is 0 Å². The van der Waals surface area contributed by atoms with Crippen LogP contribution < -0.4 is 5.32 Å². The van der Waals surface area contributed by atoms with Crippen molar-refractivity contribution in [3.8, 4) is 0 Å². The molecule has 3 rings (SSSR count). The molecule has 0 radical (unpaired) electrons. The van der Waals surface area contributed by atoms with E-state index in [1.54, 1.807) is 0 Å². The van der Waals surface area contributed by atoms with Crippen LogP contribution in [-0.2, 0) is 13.1 Å². The third kappa shape index (κ3) is 2.72. The van der Waals surface area contributed by atoms with Gasteiger partial charge in [-0.05, 0) is 23.1 Å². The number of hydrogen-bond donors (Lipinski definition) is 1. The SMILES string of the molecule is CC(C)NCc1ccc2ccn(Cc3ncon3)c2c1. The minimum absolute atomic E-state index is 0.483. The fourth-order valence-corrected chi connectivity index (χ4v) is 2.21. The van der Waals surface area contributed by atoms with Gasteiger partial charge in [0, 0.05) is 24.3 Å². The maximum absolute atomic E-state index is 4.78. The largest absolute Gasteiger partial charge is 0.343 e. The Bertz CT molecular complexity index is 685. The van der Waals surface area contributed by atoms with E-state index in [0.717, 1.165) is 6.54 Å². The Kier molecular flexibility index (Phi) is 3.52. The molecule has 2 aromatic heterocycles. The summed E-state index contributed by atoms with van der Waals surface area (Å²) in [6, 6.07) is 9.12. The molecule has 0 unspecified atom stereocenters. The molecule has 2 heterocycles. The summed E-state index contributed by atoms with van der Waals surface area (Å²) in [5.41, 5.74) is 2.47. The van der Waals surface area contributed by atoms with Crippen molar-refractivity contribution in [3.05, 3.63) is 48.2 Å². The maximum atomic E-state index is 4.78. The molecule has 0 spiro atoms. The highest BCUT2D eigenvalue weighted by atomic mass is 16.5. The third-order valence-electron chi connectivity index (χ3n) is 3.27. The molecule has 3 aromatic rings. The number of benzene rings is 1. The smallest absolute Gasteiger partial charge is 0.213 e. The molecule has 0 fully saturated rings. The van der Waals surface area contributed by atoms with Gasteiger partial charge in [-0.25, -0.2) is 0 Å². The lowest BCUT2D eigenvalue weighted by Gasteiger charge is -2.09. The van der Waals surface area contributed by atoms with Gasteiger partial charge in [-0.3, -0.25) is 0 Å². The topological polar surface area (TPSA) is 55.9 Å². The number of fused-ring (bicyclic) bond motifs is 1. The average molecular weight is 270 g/mol. The molecule has 0 aliphatic rings. The van der Waals surface area contributed by atoms with E-state index in [1.165, 1.54) is 22.9 Å². The van der Waals surface area contributed by atoms with Crippen molar-refractivity contribution < 1.29 is 4.52 Å². The Labute approximate surface area is 117 Å². The zero-order valence-electron chi connectivity index (χ0n) is 11.7. The second kappa shape index (κ2) is 5.46. The van der Waals surface area contributed by atoms with Crippen LogP contribution in [0.4, 0.5) is 0 Å². The number of rotatable bonds is 5. The van der Waals surface area contributed by atoms with E-state index in [-0.39, 0.29) is 0 Å². The van der Waals surface area contributed by atoms with E-state index < -0.39 is 0 Å². The second-order valence-corrected chi connectivity index (χ2v) is 5.22. The summed E-state index contributed by atoms with van der Waals surface area (Å²) in [5, 5.41) is 8.52. The van der Waals surface area contributed by atoms with Gasteiger partial charge in [0.05, 0.1) is 6.54 Å². The van der Waals surface area contributed by atoms with Crippen molar-refractivity contribution in [2.75, 3.05) is 0 Å². The molecule has 1 aromatic carbocycles. The van der Waals surface area contributed by atoms with Gasteiger partial charge in [-0.2, -0.15) is 4.98 Å². The number of nitrogens with zero attached hydrogens (tertiary/aromatic N) is 3. The predicted octanol–water partition coefficient (Wildman–Crippen LogP) is 2.57. The van der Waals surface area contributed by atoms with Crippen molar-refractivity contribution in [3.63, 3.8) is 0 Å². The average Bonchev–Trinajstić information content (AvgIpc) is 3.07. The molecule has 0 aliphatic heterocycles. The Hall–Kier alpha value is -2.14. The van der Waals surface area contributed by atoms with E-state index in [0.29, 0.717) is 18.4 Å². The number of nitrogens with one attached hydrogen (secondary N) is 1. The molecular weight excluding hydrogens is 252 g/mol. The first-order chi connectivity index (χ1) is 9.72. The monoisotopic (exact) mass is 270 g/mol. The fourth-order valence-electron chi connectivity index (χ4n) is 2.21. The van der Waals surface area contributed by atoms with Crippen LogP contribution in [0.2, 0.25) is 0 Å². The maximum Gasteiger partial charge on any atom is 0.213 e. The Morgan fingerprint density at radius 2 is 2.20 bits per heavy atom. The van der Waals surface area contributed by atoms with Crippen molar-refractivity contribution in [2.45, 2.75) is 33.0 Å². The molecule has 0 saturated heterocycles. The zero-order chi connectivity index (χ0) is 13.9. The van der Waals surface area contributed by atoms with E-state index in [9.17, 15) is 0 Å². The zero-order valence-corrected chi connectivity index (χ0v) is 11.7. The van der Waals surface area contributed by atoms with Crippen LogP contribution in [0.5, 0.6) is 0 Å². The fraction of sp³-hybridized carbons (Fsp3) is 0.333. The van der Waals surface area contributed by atoms with Gasteiger partial charge >= 0.3 is 0 Å². The second-order valence-electron chi connectivity index (χ2n) is 5.22. The number of hydrogen-bond acceptors (Lipinski definition) is 4. The summed E-state index contributed by atoms with van der Waals surface area (Å²) in [7, 11) is 0. The normalized spacial score (nSPS) is 11.6. The van der Waals surface area contributed by atoms with Gasteiger partial charge in [-0.1, -0.05) is 31.1 Å². The minimum atomic E-state index is 0.483. The molecule has 20 heavy (non-hydrogen) atoms. The van der Waals surface area contributed by atoms with Gasteiger partial charge in [0.25, 0.3) is 0 Å². The molecular formula is C15H18N4O. The Balaban J connectivity index is 1.87. The summed E-state index contributed by atoms with van der Waals surface area (Å²) in [6.45, 7) is 5.80. The lowest BCUT2D eigenvalue weighted by atomic mass is 10.1. The highest BCUT2D eigenvalue weighted by Gasteiger charge is 2.06. The Morgan fingerprint density at radius 1 is 1.30 bits per heavy atom. The molecule has 5 heteroatoms. The van der Waals surface area contributed by atoms with Gasteiger partial charge < -0.3 is 14.4 Å². The van der Waals surface area contributed by atoms with Crippen molar-refractivity contribution in [1.29, 1.82) is 0 Å². The minimum Gasteiger partial charge on any atom is -0.343 e. The van der Waals surface area contributed by atoms with Gasteiger partial charge in [0.2, 0.25) is 6.39 Å². The van der Waals surface area contributed by atoms with Gasteiger partial charge in [0.15, 0.2) is 5.82 Å². The Morgan fingerprint density at radius 3 is 2.95 bits per heavy atom. The van der Waals surface area contributed by atoms with Gasteiger partial charge in [0.1, 0.15) is 0 Å². The first-order valence-electron chi connectivity index (χ1n) is 6.79. The van der Waals surface area contributed by atoms with E-state index in [2.05, 4.69) is 64.3 Å². The molecule has 1 N–H and O–H groups in total. The first kappa shape index (κ1) is 12.9. The first-order valence-corrected chi connectivity index (χ1v) is 6.79. The van der Waals surface area contributed by atoms with E-state index in [4.69, 9.17) is 4.52 Å². The molecule has 0 saturated carbocycles. The summed E-state index contributed by atoms with van der Waals surface area (Å²) in [6.07, 6.45) is 3.42. The molecule has 5 nitrogen and oxygen atoms in total. The predicted molar refractivity (Wildman–Crippen MR) is 77.3 cm³/mol. The molecule has 0 bridgehead atoms. The van der Waals surface area contributed by atoms with Crippen molar-refractivity contribution in [1.82, 2.24) is 20.0 Å². The highest BCUT2D eigenvalue weighted by Crippen LogP contribution is 2.18. The van der Waals surface area contributed by atoms with E-state index in [1.807, 2.05) is 0 Å². The molecule has 104 valence electrons. The van der Waals surface area contributed by atoms with E-state index >= 15 is 0 Å². The summed E-state index contributed by atoms with van der Waals surface area (Å²) >= 11 is 0. The molecule has 0 atom stereocenters. The van der Waals surface area contributed by atoms with Crippen LogP contribution in [0.3, 0.4) is 0 Å². The van der Waals surface area contributed by atoms with Crippen LogP contribution >= 0.6 is 0 Å². The van der Waals surface area contributed by atoms with Crippen LogP contribution in [0.1, 0.15) is 25.2 Å². The van der Waals surface area contributed by atoms with Crippen molar-refractivity contribution >= 4 is 10.9 Å². The van der Waals surface area contributed by atoms with Gasteiger partial charge in [-0.15, -0.1) is 0 Å². The number of aromatic nitrogens is 3. The highest BCUT2D eigenvalue weighted by molar-refractivity contribution is 5.80. The summed E-state index contributed by atoms with van der Waals surface area (Å²) in [4.78, 5) is 4.07. The molecule has 0 aliphatic carbocycles. The lowest BCUT2D eigenvalue weighted by Crippen LogP contribution is -2.21. The summed E-state index contributed by atoms with van der Waals surface area (Å²) < 4.78 is 6.92. The summed E-state index contributed by atoms with van der Waals surface area (Å²) in [5.74, 6) is 0.688. The lowest BCUT2D eigenvalue weighted by molar-refractivity contribution is 0.408. The third-order valence-corrected chi connectivity index (χ3v) is 3.27. The van der Waals surface area contributed by atoms with Crippen LogP contribution in [0.15, 0.2) is 41.4 Å². The van der Waals surface area contributed by atoms with Crippen molar-refractivity contribution in [2.24, 2.45) is 0 Å². The quantitative estimate of drug-likeness (QED) is 0.774. The molecule has 0 amide bonds. The van der Waals surface area contributed by atoms with Crippen LogP contribution in [-0.4, -0.2) is 20.7 Å². The van der Waals surface area contributed by atoms with Crippen LogP contribution in [0.25, 0.3) is 10.9 Å².